The van der Waals surface area contributed by atoms with Crippen LogP contribution in [0.1, 0.15) is 40.0 Å². The maximum Gasteiger partial charge on any atom is 0.0772 e. The lowest BCUT2D eigenvalue weighted by Crippen LogP contribution is -2.23. The summed E-state index contributed by atoms with van der Waals surface area (Å²) in [5, 5.41) is 1.43. The average molecular weight is 199 g/mol. The van der Waals surface area contributed by atoms with Crippen molar-refractivity contribution in [2.75, 3.05) is 13.6 Å². The van der Waals surface area contributed by atoms with Gasteiger partial charge in [-0.3, -0.25) is 0 Å². The molecule has 0 aromatic rings. The molecule has 0 aliphatic carbocycles. The second-order valence-electron chi connectivity index (χ2n) is 4.06. The third-order valence-corrected chi connectivity index (χ3v) is 4.95. The molecule has 0 bridgehead atoms. The Kier molecular flexibility index (Phi) is 7.05. The largest absolute Gasteiger partial charge is 0.383 e. The molecular formula is C11H25NSi. The van der Waals surface area contributed by atoms with Gasteiger partial charge in [0, 0.05) is 13.6 Å². The first-order valence-electron chi connectivity index (χ1n) is 5.50. The van der Waals surface area contributed by atoms with Crippen molar-refractivity contribution in [1.29, 1.82) is 0 Å². The van der Waals surface area contributed by atoms with Crippen LogP contribution in [0.5, 0.6) is 0 Å². The molecule has 0 saturated heterocycles. The van der Waals surface area contributed by atoms with Crippen LogP contribution in [0.4, 0.5) is 0 Å². The van der Waals surface area contributed by atoms with E-state index in [-0.39, 0.29) is 9.52 Å². The molecule has 13 heavy (non-hydrogen) atoms. The summed E-state index contributed by atoms with van der Waals surface area (Å²) in [6, 6.07) is 0. The minimum Gasteiger partial charge on any atom is -0.383 e. The first kappa shape index (κ1) is 12.8. The number of rotatable bonds is 7. The lowest BCUT2D eigenvalue weighted by atomic mass is 10.3. The fourth-order valence-electron chi connectivity index (χ4n) is 1.26. The van der Waals surface area contributed by atoms with Crippen LogP contribution in [-0.4, -0.2) is 28.0 Å². The molecule has 0 saturated carbocycles. The molecule has 0 rings (SSSR count). The van der Waals surface area contributed by atoms with Crippen LogP contribution in [0, 0.1) is 0 Å². The Morgan fingerprint density at radius 2 is 2.08 bits per heavy atom. The highest BCUT2D eigenvalue weighted by atomic mass is 28.2. The summed E-state index contributed by atoms with van der Waals surface area (Å²) >= 11 is 0. The number of nitrogens with zero attached hydrogens (tertiary/aromatic N) is 1. The van der Waals surface area contributed by atoms with Gasteiger partial charge in [-0.25, -0.2) is 0 Å². The van der Waals surface area contributed by atoms with Crippen LogP contribution in [0.15, 0.2) is 11.9 Å². The van der Waals surface area contributed by atoms with E-state index in [4.69, 9.17) is 0 Å². The number of hydrogen-bond donors (Lipinski definition) is 0. The Morgan fingerprint density at radius 1 is 1.46 bits per heavy atom. The van der Waals surface area contributed by atoms with E-state index in [1.807, 2.05) is 0 Å². The Labute approximate surface area is 86.0 Å². The summed E-state index contributed by atoms with van der Waals surface area (Å²) in [6.07, 6.45) is 3.89. The van der Waals surface area contributed by atoms with Crippen LogP contribution >= 0.6 is 0 Å². The SMILES string of the molecule is C=C([SiH2]C(C)CC)N(C)CCCC. The van der Waals surface area contributed by atoms with Gasteiger partial charge in [0.1, 0.15) is 0 Å². The van der Waals surface area contributed by atoms with Crippen molar-refractivity contribution in [2.45, 2.75) is 45.6 Å². The lowest BCUT2D eigenvalue weighted by Gasteiger charge is -2.23. The van der Waals surface area contributed by atoms with Gasteiger partial charge in [0.05, 0.1) is 9.52 Å². The monoisotopic (exact) mass is 199 g/mol. The molecule has 0 aliphatic rings. The zero-order chi connectivity index (χ0) is 10.3. The first-order chi connectivity index (χ1) is 6.11. The van der Waals surface area contributed by atoms with Crippen molar-refractivity contribution in [2.24, 2.45) is 0 Å². The molecule has 1 nitrogen and oxygen atoms in total. The van der Waals surface area contributed by atoms with Gasteiger partial charge >= 0.3 is 0 Å². The van der Waals surface area contributed by atoms with Crippen LogP contribution in [0.3, 0.4) is 0 Å². The summed E-state index contributed by atoms with van der Waals surface area (Å²) in [4.78, 5) is 2.36. The predicted molar refractivity (Wildman–Crippen MR) is 64.9 cm³/mol. The zero-order valence-corrected chi connectivity index (χ0v) is 11.2. The minimum atomic E-state index is -0.0839. The summed E-state index contributed by atoms with van der Waals surface area (Å²) < 4.78 is 0. The standard InChI is InChI=1S/C11H25NSi/c1-6-8-9-12(5)11(4)13-10(3)7-2/h10H,4,6-9,13H2,1-3,5H3. The molecule has 0 radical (unpaired) electrons. The maximum absolute atomic E-state index is 4.18. The van der Waals surface area contributed by atoms with Crippen molar-refractivity contribution in [1.82, 2.24) is 4.90 Å². The van der Waals surface area contributed by atoms with E-state index in [0.717, 1.165) is 5.54 Å². The lowest BCUT2D eigenvalue weighted by molar-refractivity contribution is 0.428. The van der Waals surface area contributed by atoms with E-state index >= 15 is 0 Å². The third kappa shape index (κ3) is 5.91. The molecule has 0 fully saturated rings. The predicted octanol–water partition coefficient (Wildman–Crippen LogP) is 2.58. The van der Waals surface area contributed by atoms with Crippen LogP contribution in [0.25, 0.3) is 0 Å². The van der Waals surface area contributed by atoms with Gasteiger partial charge in [0.15, 0.2) is 0 Å². The Morgan fingerprint density at radius 3 is 2.54 bits per heavy atom. The quantitative estimate of drug-likeness (QED) is 0.570. The number of unbranched alkanes of at least 4 members (excludes halogenated alkanes) is 1. The molecule has 0 heterocycles. The first-order valence-corrected chi connectivity index (χ1v) is 7.03. The molecule has 1 atom stereocenters. The topological polar surface area (TPSA) is 3.24 Å². The van der Waals surface area contributed by atoms with Crippen LogP contribution in [-0.2, 0) is 0 Å². The average Bonchev–Trinajstić information content (AvgIpc) is 2.13. The summed E-state index contributed by atoms with van der Waals surface area (Å²) in [7, 11) is 2.10. The van der Waals surface area contributed by atoms with E-state index < -0.39 is 0 Å². The van der Waals surface area contributed by atoms with Gasteiger partial charge in [-0.15, -0.1) is 0 Å². The molecular weight excluding hydrogens is 174 g/mol. The Hall–Kier alpha value is -0.243. The molecule has 0 spiro atoms. The molecule has 0 amide bonds. The van der Waals surface area contributed by atoms with Crippen molar-refractivity contribution in [3.63, 3.8) is 0 Å². The molecule has 1 unspecified atom stereocenters. The Bertz CT molecular complexity index is 145. The van der Waals surface area contributed by atoms with Crippen molar-refractivity contribution in [3.05, 3.63) is 11.9 Å². The summed E-state index contributed by atoms with van der Waals surface area (Å²) in [5.41, 5.74) is 0.913. The van der Waals surface area contributed by atoms with Gasteiger partial charge in [-0.05, 0) is 17.3 Å². The van der Waals surface area contributed by atoms with E-state index in [1.165, 1.54) is 31.1 Å². The highest BCUT2D eigenvalue weighted by molar-refractivity contribution is 6.46. The number of hydrogen-bond acceptors (Lipinski definition) is 1. The second-order valence-corrected chi connectivity index (χ2v) is 6.68. The van der Waals surface area contributed by atoms with E-state index in [0.29, 0.717) is 0 Å². The fourth-order valence-corrected chi connectivity index (χ4v) is 2.82. The Balaban J connectivity index is 3.68. The van der Waals surface area contributed by atoms with Crippen molar-refractivity contribution < 1.29 is 0 Å². The smallest absolute Gasteiger partial charge is 0.0772 e. The molecule has 0 aromatic heterocycles. The third-order valence-electron chi connectivity index (χ3n) is 2.67. The van der Waals surface area contributed by atoms with E-state index in [1.54, 1.807) is 0 Å². The summed E-state index contributed by atoms with van der Waals surface area (Å²) in [5.74, 6) is 0. The van der Waals surface area contributed by atoms with Crippen molar-refractivity contribution >= 4 is 9.52 Å². The molecule has 0 aliphatic heterocycles. The second kappa shape index (κ2) is 7.19. The molecule has 0 N–H and O–H groups in total. The minimum absolute atomic E-state index is 0.0839. The fraction of sp³-hybridized carbons (Fsp3) is 0.818. The van der Waals surface area contributed by atoms with Crippen LogP contribution in [0.2, 0.25) is 5.54 Å². The van der Waals surface area contributed by atoms with Crippen molar-refractivity contribution in [3.8, 4) is 0 Å². The van der Waals surface area contributed by atoms with Gasteiger partial charge in [-0.2, -0.15) is 0 Å². The molecule has 0 aromatic carbocycles. The van der Waals surface area contributed by atoms with Crippen LogP contribution < -0.4 is 0 Å². The van der Waals surface area contributed by atoms with Gasteiger partial charge in [0.25, 0.3) is 0 Å². The summed E-state index contributed by atoms with van der Waals surface area (Å²) in [6.45, 7) is 12.2. The maximum atomic E-state index is 4.18. The van der Waals surface area contributed by atoms with E-state index in [2.05, 4.69) is 39.3 Å². The zero-order valence-electron chi connectivity index (χ0n) is 9.77. The van der Waals surface area contributed by atoms with Gasteiger partial charge in [0.2, 0.25) is 0 Å². The van der Waals surface area contributed by atoms with Gasteiger partial charge < -0.3 is 4.90 Å². The molecule has 78 valence electrons. The molecule has 2 heteroatoms. The highest BCUT2D eigenvalue weighted by Gasteiger charge is 2.06. The van der Waals surface area contributed by atoms with E-state index in [9.17, 15) is 0 Å². The highest BCUT2D eigenvalue weighted by Crippen LogP contribution is 2.11. The normalized spacial score (nSPS) is 13.5. The van der Waals surface area contributed by atoms with Gasteiger partial charge in [-0.1, -0.05) is 40.2 Å².